The molecule has 6 nitrogen and oxygen atoms in total. The summed E-state index contributed by atoms with van der Waals surface area (Å²) in [7, 11) is 3.86. The fourth-order valence-electron chi connectivity index (χ4n) is 1.30. The van der Waals surface area contributed by atoms with Gasteiger partial charge >= 0.3 is 0 Å². The van der Waals surface area contributed by atoms with E-state index in [0.717, 1.165) is 0 Å². The maximum atomic E-state index is 8.67. The summed E-state index contributed by atoms with van der Waals surface area (Å²) in [6.45, 7) is 0.620. The first kappa shape index (κ1) is 10.4. The van der Waals surface area contributed by atoms with Gasteiger partial charge in [0.25, 0.3) is 5.89 Å². The van der Waals surface area contributed by atoms with Crippen molar-refractivity contribution >= 4 is 0 Å². The van der Waals surface area contributed by atoms with Gasteiger partial charge in [-0.25, -0.2) is 0 Å². The quantitative estimate of drug-likeness (QED) is 0.829. The minimum absolute atomic E-state index is 0.401. The van der Waals surface area contributed by atoms with Crippen molar-refractivity contribution in [2.24, 2.45) is 0 Å². The lowest BCUT2D eigenvalue weighted by Crippen LogP contribution is -2.11. The van der Waals surface area contributed by atoms with Gasteiger partial charge in [0, 0.05) is 0 Å². The minimum Gasteiger partial charge on any atom is -0.342 e. The molecule has 0 spiro atoms. The van der Waals surface area contributed by atoms with Crippen molar-refractivity contribution in [2.75, 3.05) is 14.1 Å². The van der Waals surface area contributed by atoms with E-state index in [4.69, 9.17) is 9.78 Å². The lowest BCUT2D eigenvalue weighted by atomic mass is 10.4. The first-order chi connectivity index (χ1) is 7.69. The number of nitriles is 1. The van der Waals surface area contributed by atoms with Crippen molar-refractivity contribution in [3.63, 3.8) is 0 Å². The van der Waals surface area contributed by atoms with Crippen LogP contribution >= 0.6 is 0 Å². The van der Waals surface area contributed by atoms with Crippen LogP contribution in [-0.2, 0) is 6.54 Å². The van der Waals surface area contributed by atoms with Crippen LogP contribution in [-0.4, -0.2) is 34.1 Å². The molecule has 0 saturated heterocycles. The molecule has 0 aliphatic carbocycles. The molecule has 2 rings (SSSR count). The smallest absolute Gasteiger partial charge is 0.274 e. The molecule has 0 fully saturated rings. The van der Waals surface area contributed by atoms with Gasteiger partial charge in [-0.2, -0.15) is 10.2 Å². The molecule has 6 heteroatoms. The SMILES string of the molecule is CN(C)Cc1noc(-c2ccc(C#N)[nH]2)n1. The fourth-order valence-corrected chi connectivity index (χ4v) is 1.30. The summed E-state index contributed by atoms with van der Waals surface area (Å²) in [4.78, 5) is 9.03. The average molecular weight is 217 g/mol. The largest absolute Gasteiger partial charge is 0.342 e. The monoisotopic (exact) mass is 217 g/mol. The van der Waals surface area contributed by atoms with Crippen molar-refractivity contribution in [1.29, 1.82) is 5.26 Å². The molecule has 1 N–H and O–H groups in total. The van der Waals surface area contributed by atoms with E-state index in [1.165, 1.54) is 0 Å². The van der Waals surface area contributed by atoms with Crippen LogP contribution in [0, 0.1) is 11.3 Å². The molecule has 2 heterocycles. The molecule has 0 saturated carbocycles. The molecule has 2 aromatic heterocycles. The molecule has 16 heavy (non-hydrogen) atoms. The predicted octanol–water partition coefficient (Wildman–Crippen LogP) is 0.998. The molecule has 0 bridgehead atoms. The summed E-state index contributed by atoms with van der Waals surface area (Å²) in [5, 5.41) is 12.5. The topological polar surface area (TPSA) is 81.7 Å². The Balaban J connectivity index is 2.21. The van der Waals surface area contributed by atoms with E-state index in [1.807, 2.05) is 25.1 Å². The number of nitrogens with zero attached hydrogens (tertiary/aromatic N) is 4. The Kier molecular flexibility index (Phi) is 2.70. The second-order valence-corrected chi connectivity index (χ2v) is 3.65. The van der Waals surface area contributed by atoms with Crippen molar-refractivity contribution < 1.29 is 4.52 Å². The van der Waals surface area contributed by atoms with E-state index in [1.54, 1.807) is 12.1 Å². The summed E-state index contributed by atoms with van der Waals surface area (Å²) < 4.78 is 5.08. The fraction of sp³-hybridized carbons (Fsp3) is 0.300. The third-order valence-corrected chi connectivity index (χ3v) is 1.96. The van der Waals surface area contributed by atoms with E-state index < -0.39 is 0 Å². The molecule has 0 radical (unpaired) electrons. The maximum Gasteiger partial charge on any atom is 0.274 e. The summed E-state index contributed by atoms with van der Waals surface area (Å²) in [5.74, 6) is 1.02. The lowest BCUT2D eigenvalue weighted by Gasteiger charge is -2.03. The van der Waals surface area contributed by atoms with Crippen molar-refractivity contribution in [3.8, 4) is 17.7 Å². The highest BCUT2D eigenvalue weighted by Gasteiger charge is 2.10. The Bertz CT molecular complexity index is 519. The van der Waals surface area contributed by atoms with Gasteiger partial charge in [0.2, 0.25) is 0 Å². The number of H-pyrrole nitrogens is 1. The third-order valence-electron chi connectivity index (χ3n) is 1.96. The van der Waals surface area contributed by atoms with Gasteiger partial charge in [-0.05, 0) is 26.2 Å². The third kappa shape index (κ3) is 2.10. The number of nitrogens with one attached hydrogen (secondary N) is 1. The molecule has 0 atom stereocenters. The number of rotatable bonds is 3. The van der Waals surface area contributed by atoms with Crippen LogP contribution in [0.5, 0.6) is 0 Å². The molecule has 0 aliphatic heterocycles. The molecule has 0 aromatic carbocycles. The molecular weight excluding hydrogens is 206 g/mol. The van der Waals surface area contributed by atoms with Gasteiger partial charge in [0.05, 0.1) is 6.54 Å². The summed E-state index contributed by atoms with van der Waals surface area (Å²) in [6, 6.07) is 5.42. The predicted molar refractivity (Wildman–Crippen MR) is 56.2 cm³/mol. The van der Waals surface area contributed by atoms with Gasteiger partial charge in [-0.15, -0.1) is 0 Å². The second kappa shape index (κ2) is 4.16. The Hall–Kier alpha value is -2.13. The van der Waals surface area contributed by atoms with Gasteiger partial charge in [-0.1, -0.05) is 5.16 Å². The van der Waals surface area contributed by atoms with Crippen LogP contribution in [0.3, 0.4) is 0 Å². The first-order valence-electron chi connectivity index (χ1n) is 4.76. The van der Waals surface area contributed by atoms with E-state index >= 15 is 0 Å². The highest BCUT2D eigenvalue weighted by molar-refractivity contribution is 5.49. The summed E-state index contributed by atoms with van der Waals surface area (Å²) >= 11 is 0. The Labute approximate surface area is 92.5 Å². The van der Waals surface area contributed by atoms with Gasteiger partial charge in [0.1, 0.15) is 17.5 Å². The lowest BCUT2D eigenvalue weighted by molar-refractivity contribution is 0.365. The Morgan fingerprint density at radius 1 is 1.50 bits per heavy atom. The zero-order valence-electron chi connectivity index (χ0n) is 9.06. The standard InChI is InChI=1S/C10H11N5O/c1-15(2)6-9-13-10(16-14-9)8-4-3-7(5-11)12-8/h3-4,12H,6H2,1-2H3. The number of hydrogen-bond acceptors (Lipinski definition) is 5. The molecule has 2 aromatic rings. The number of hydrogen-bond donors (Lipinski definition) is 1. The van der Waals surface area contributed by atoms with E-state index in [2.05, 4.69) is 15.1 Å². The summed E-state index contributed by atoms with van der Waals surface area (Å²) in [6.07, 6.45) is 0. The van der Waals surface area contributed by atoms with Gasteiger partial charge in [0.15, 0.2) is 5.82 Å². The highest BCUT2D eigenvalue weighted by atomic mass is 16.5. The molecule has 82 valence electrons. The highest BCUT2D eigenvalue weighted by Crippen LogP contribution is 2.16. The Morgan fingerprint density at radius 2 is 2.31 bits per heavy atom. The second-order valence-electron chi connectivity index (χ2n) is 3.65. The molecule has 0 amide bonds. The van der Waals surface area contributed by atoms with Crippen LogP contribution < -0.4 is 0 Å². The minimum atomic E-state index is 0.401. The maximum absolute atomic E-state index is 8.67. The first-order valence-corrected chi connectivity index (χ1v) is 4.76. The summed E-state index contributed by atoms with van der Waals surface area (Å²) in [5.41, 5.74) is 1.14. The number of aromatic amines is 1. The van der Waals surface area contributed by atoms with Crippen LogP contribution in [0.25, 0.3) is 11.6 Å². The number of aromatic nitrogens is 3. The van der Waals surface area contributed by atoms with E-state index in [9.17, 15) is 0 Å². The molecular formula is C10H11N5O. The van der Waals surface area contributed by atoms with Crippen LogP contribution in [0.15, 0.2) is 16.7 Å². The van der Waals surface area contributed by atoms with Crippen LogP contribution in [0.4, 0.5) is 0 Å². The van der Waals surface area contributed by atoms with Crippen molar-refractivity contribution in [1.82, 2.24) is 20.0 Å². The molecule has 0 unspecified atom stereocenters. The molecule has 0 aliphatic rings. The van der Waals surface area contributed by atoms with Gasteiger partial charge in [-0.3, -0.25) is 0 Å². The zero-order valence-corrected chi connectivity index (χ0v) is 9.06. The Morgan fingerprint density at radius 3 is 2.94 bits per heavy atom. The van der Waals surface area contributed by atoms with Crippen molar-refractivity contribution in [3.05, 3.63) is 23.7 Å². The van der Waals surface area contributed by atoms with Crippen molar-refractivity contribution in [2.45, 2.75) is 6.54 Å². The normalized spacial score (nSPS) is 10.6. The zero-order chi connectivity index (χ0) is 11.5. The van der Waals surface area contributed by atoms with Crippen LogP contribution in [0.2, 0.25) is 0 Å². The van der Waals surface area contributed by atoms with Gasteiger partial charge < -0.3 is 14.4 Å². The average Bonchev–Trinajstić information content (AvgIpc) is 2.83. The van der Waals surface area contributed by atoms with E-state index in [0.29, 0.717) is 29.6 Å². The van der Waals surface area contributed by atoms with E-state index in [-0.39, 0.29) is 0 Å². The van der Waals surface area contributed by atoms with Crippen LogP contribution in [0.1, 0.15) is 11.5 Å².